The summed E-state index contributed by atoms with van der Waals surface area (Å²) in [7, 11) is 0. The smallest absolute Gasteiger partial charge is 0.137 e. The molecule has 0 aliphatic rings. The highest BCUT2D eigenvalue weighted by Gasteiger charge is 2.18. The van der Waals surface area contributed by atoms with Gasteiger partial charge in [0.25, 0.3) is 0 Å². The molecule has 2 aromatic rings. The Morgan fingerprint density at radius 1 is 0.667 bits per heavy atom. The van der Waals surface area contributed by atoms with Crippen molar-refractivity contribution in [1.29, 1.82) is 0 Å². The van der Waals surface area contributed by atoms with E-state index in [-0.39, 0.29) is 5.56 Å². The lowest BCUT2D eigenvalue weighted by Crippen LogP contribution is -2.01. The minimum absolute atomic E-state index is 0.0793. The molecule has 0 nitrogen and oxygen atoms in total. The first-order valence-electron chi connectivity index (χ1n) is 5.95. The van der Waals surface area contributed by atoms with Crippen molar-refractivity contribution in [2.24, 2.45) is 0 Å². The summed E-state index contributed by atoms with van der Waals surface area (Å²) in [6.45, 7) is 7.07. The van der Waals surface area contributed by atoms with E-state index in [0.29, 0.717) is 22.3 Å². The van der Waals surface area contributed by atoms with Crippen LogP contribution in [0.15, 0.2) is 24.3 Å². The number of hydrogen-bond donors (Lipinski definition) is 0. The number of halogens is 2. The zero-order valence-electron chi connectivity index (χ0n) is 11.1. The summed E-state index contributed by atoms with van der Waals surface area (Å²) >= 11 is 0. The average molecular weight is 246 g/mol. The number of hydrogen-bond acceptors (Lipinski definition) is 0. The molecule has 94 valence electrons. The molecule has 0 fully saturated rings. The molecule has 0 heterocycles. The van der Waals surface area contributed by atoms with Gasteiger partial charge in [-0.25, -0.2) is 8.78 Å². The van der Waals surface area contributed by atoms with Gasteiger partial charge in [-0.1, -0.05) is 29.8 Å². The van der Waals surface area contributed by atoms with Gasteiger partial charge in [-0.3, -0.25) is 0 Å². The zero-order valence-corrected chi connectivity index (χ0v) is 11.1. The van der Waals surface area contributed by atoms with Crippen LogP contribution in [0.25, 0.3) is 11.1 Å². The standard InChI is InChI=1S/C16H16F2/c1-9-5-7-13(8-6-9)14-15(17)11(3)10(2)12(4)16(14)18/h5-8H,1-4H3. The molecule has 0 unspecified atom stereocenters. The maximum atomic E-state index is 14.2. The fraction of sp³-hybridized carbons (Fsp3) is 0.250. The quantitative estimate of drug-likeness (QED) is 0.673. The Morgan fingerprint density at radius 3 is 1.56 bits per heavy atom. The number of aryl methyl sites for hydroxylation is 1. The van der Waals surface area contributed by atoms with Crippen LogP contribution < -0.4 is 0 Å². The van der Waals surface area contributed by atoms with Crippen LogP contribution in [-0.4, -0.2) is 0 Å². The third-order valence-corrected chi connectivity index (χ3v) is 3.56. The second-order valence-electron chi connectivity index (χ2n) is 4.74. The molecule has 0 aliphatic carbocycles. The molecule has 0 aliphatic heterocycles. The molecule has 0 saturated carbocycles. The van der Waals surface area contributed by atoms with E-state index < -0.39 is 11.6 Å². The van der Waals surface area contributed by atoms with Crippen LogP contribution in [0.3, 0.4) is 0 Å². The molecule has 2 heteroatoms. The Kier molecular flexibility index (Phi) is 3.20. The highest BCUT2D eigenvalue weighted by atomic mass is 19.1. The summed E-state index contributed by atoms with van der Waals surface area (Å²) in [5.41, 5.74) is 3.45. The summed E-state index contributed by atoms with van der Waals surface area (Å²) < 4.78 is 28.5. The third kappa shape index (κ3) is 1.92. The van der Waals surface area contributed by atoms with Crippen molar-refractivity contribution in [3.05, 3.63) is 58.2 Å². The molecule has 2 rings (SSSR count). The largest absolute Gasteiger partial charge is 0.206 e. The van der Waals surface area contributed by atoms with Crippen molar-refractivity contribution in [2.75, 3.05) is 0 Å². The molecule has 0 spiro atoms. The van der Waals surface area contributed by atoms with Crippen molar-refractivity contribution in [2.45, 2.75) is 27.7 Å². The van der Waals surface area contributed by atoms with Gasteiger partial charge in [-0.05, 0) is 49.9 Å². The topological polar surface area (TPSA) is 0 Å². The van der Waals surface area contributed by atoms with Crippen molar-refractivity contribution in [3.63, 3.8) is 0 Å². The zero-order chi connectivity index (χ0) is 13.4. The molecule has 0 N–H and O–H groups in total. The van der Waals surface area contributed by atoms with E-state index in [9.17, 15) is 8.78 Å². The molecule has 0 aromatic heterocycles. The predicted octanol–water partition coefficient (Wildman–Crippen LogP) is 4.87. The van der Waals surface area contributed by atoms with Gasteiger partial charge in [-0.2, -0.15) is 0 Å². The molecule has 0 atom stereocenters. The maximum Gasteiger partial charge on any atom is 0.137 e. The fourth-order valence-corrected chi connectivity index (χ4v) is 2.06. The van der Waals surface area contributed by atoms with Crippen LogP contribution in [0.1, 0.15) is 22.3 Å². The second kappa shape index (κ2) is 4.52. The van der Waals surface area contributed by atoms with Crippen LogP contribution in [0, 0.1) is 39.3 Å². The SMILES string of the molecule is Cc1ccc(-c2c(F)c(C)c(C)c(C)c2F)cc1. The van der Waals surface area contributed by atoms with Crippen LogP contribution in [0.4, 0.5) is 8.78 Å². The van der Waals surface area contributed by atoms with Crippen LogP contribution in [0.5, 0.6) is 0 Å². The van der Waals surface area contributed by atoms with Crippen molar-refractivity contribution in [1.82, 2.24) is 0 Å². The van der Waals surface area contributed by atoms with E-state index in [4.69, 9.17) is 0 Å². The molecule has 0 amide bonds. The Morgan fingerprint density at radius 2 is 1.11 bits per heavy atom. The fourth-order valence-electron chi connectivity index (χ4n) is 2.06. The van der Waals surface area contributed by atoms with Gasteiger partial charge in [0.2, 0.25) is 0 Å². The van der Waals surface area contributed by atoms with Gasteiger partial charge in [0.15, 0.2) is 0 Å². The van der Waals surface area contributed by atoms with Crippen molar-refractivity contribution in [3.8, 4) is 11.1 Å². The Hall–Kier alpha value is -1.70. The van der Waals surface area contributed by atoms with E-state index in [1.165, 1.54) is 0 Å². The first-order valence-corrected chi connectivity index (χ1v) is 5.95. The lowest BCUT2D eigenvalue weighted by atomic mass is 9.94. The summed E-state index contributed by atoms with van der Waals surface area (Å²) in [6.07, 6.45) is 0. The lowest BCUT2D eigenvalue weighted by Gasteiger charge is -2.14. The molecule has 0 bridgehead atoms. The van der Waals surface area contributed by atoms with Crippen LogP contribution >= 0.6 is 0 Å². The highest BCUT2D eigenvalue weighted by molar-refractivity contribution is 5.68. The van der Waals surface area contributed by atoms with Gasteiger partial charge < -0.3 is 0 Å². The summed E-state index contributed by atoms with van der Waals surface area (Å²) in [5, 5.41) is 0. The number of rotatable bonds is 1. The van der Waals surface area contributed by atoms with Crippen molar-refractivity contribution >= 4 is 0 Å². The van der Waals surface area contributed by atoms with Crippen LogP contribution in [0.2, 0.25) is 0 Å². The second-order valence-corrected chi connectivity index (χ2v) is 4.74. The first kappa shape index (κ1) is 12.7. The van der Waals surface area contributed by atoms with E-state index in [2.05, 4.69) is 0 Å². The molecular formula is C16H16F2. The highest BCUT2D eigenvalue weighted by Crippen LogP contribution is 2.32. The van der Waals surface area contributed by atoms with E-state index >= 15 is 0 Å². The van der Waals surface area contributed by atoms with Gasteiger partial charge in [0.05, 0.1) is 5.56 Å². The molecule has 0 radical (unpaired) electrons. The average Bonchev–Trinajstić information content (AvgIpc) is 2.36. The predicted molar refractivity (Wildman–Crippen MR) is 70.7 cm³/mol. The summed E-state index contributed by atoms with van der Waals surface area (Å²) in [6, 6.07) is 7.23. The lowest BCUT2D eigenvalue weighted by molar-refractivity contribution is 0.575. The van der Waals surface area contributed by atoms with Gasteiger partial charge in [-0.15, -0.1) is 0 Å². The summed E-state index contributed by atoms with van der Waals surface area (Å²) in [5.74, 6) is -0.918. The van der Waals surface area contributed by atoms with Crippen molar-refractivity contribution < 1.29 is 8.78 Å². The monoisotopic (exact) mass is 246 g/mol. The van der Waals surface area contributed by atoms with E-state index in [1.54, 1.807) is 32.9 Å². The summed E-state index contributed by atoms with van der Waals surface area (Å²) in [4.78, 5) is 0. The van der Waals surface area contributed by atoms with Gasteiger partial charge in [0.1, 0.15) is 11.6 Å². The van der Waals surface area contributed by atoms with E-state index in [1.807, 2.05) is 19.1 Å². The number of benzene rings is 2. The van der Waals surface area contributed by atoms with Gasteiger partial charge >= 0.3 is 0 Å². The molecule has 2 aromatic carbocycles. The Balaban J connectivity index is 2.75. The molecule has 18 heavy (non-hydrogen) atoms. The minimum atomic E-state index is -0.459. The first-order chi connectivity index (χ1) is 8.43. The minimum Gasteiger partial charge on any atom is -0.206 e. The van der Waals surface area contributed by atoms with Gasteiger partial charge in [0, 0.05) is 0 Å². The normalized spacial score (nSPS) is 10.8. The van der Waals surface area contributed by atoms with Crippen LogP contribution in [-0.2, 0) is 0 Å². The molecular weight excluding hydrogens is 230 g/mol. The third-order valence-electron chi connectivity index (χ3n) is 3.56. The molecule has 0 saturated heterocycles. The Labute approximate surface area is 106 Å². The van der Waals surface area contributed by atoms with E-state index in [0.717, 1.165) is 5.56 Å². The Bertz CT molecular complexity index is 566. The maximum absolute atomic E-state index is 14.2.